The zero-order valence-electron chi connectivity index (χ0n) is 12.5. The van der Waals surface area contributed by atoms with Crippen LogP contribution >= 0.6 is 0 Å². The molecule has 0 fully saturated rings. The van der Waals surface area contributed by atoms with Crippen molar-refractivity contribution in [1.29, 1.82) is 0 Å². The molecular formula is C13H22N2O4S. The molecule has 2 N–H and O–H groups in total. The molecule has 114 valence electrons. The molecule has 0 unspecified atom stereocenters. The lowest BCUT2D eigenvalue weighted by molar-refractivity contribution is 0.349. The number of benzene rings is 1. The van der Waals surface area contributed by atoms with E-state index in [1.165, 1.54) is 27.3 Å². The highest BCUT2D eigenvalue weighted by Gasteiger charge is 2.19. The van der Waals surface area contributed by atoms with Gasteiger partial charge in [0, 0.05) is 24.2 Å². The van der Waals surface area contributed by atoms with E-state index >= 15 is 0 Å². The van der Waals surface area contributed by atoms with Gasteiger partial charge in [0.05, 0.1) is 19.1 Å². The molecule has 20 heavy (non-hydrogen) atoms. The molecule has 0 saturated carbocycles. The highest BCUT2D eigenvalue weighted by Crippen LogP contribution is 2.34. The molecule has 0 aliphatic carbocycles. The fourth-order valence-electron chi connectivity index (χ4n) is 1.73. The second-order valence-corrected chi connectivity index (χ2v) is 6.45. The summed E-state index contributed by atoms with van der Waals surface area (Å²) in [5.41, 5.74) is 0.731. The van der Waals surface area contributed by atoms with Crippen LogP contribution in [-0.4, -0.2) is 35.7 Å². The zero-order chi connectivity index (χ0) is 15.3. The monoisotopic (exact) mass is 302 g/mol. The zero-order valence-corrected chi connectivity index (χ0v) is 13.3. The minimum Gasteiger partial charge on any atom is -0.493 e. The third-order valence-corrected chi connectivity index (χ3v) is 4.20. The number of hydrogen-bond acceptors (Lipinski definition) is 5. The first kappa shape index (κ1) is 16.7. The van der Waals surface area contributed by atoms with Crippen LogP contribution < -0.4 is 19.5 Å². The van der Waals surface area contributed by atoms with Gasteiger partial charge in [0.1, 0.15) is 0 Å². The maximum absolute atomic E-state index is 11.9. The molecule has 1 rings (SSSR count). The summed E-state index contributed by atoms with van der Waals surface area (Å²) in [6.07, 6.45) is 0. The van der Waals surface area contributed by atoms with E-state index in [1.54, 1.807) is 6.07 Å². The van der Waals surface area contributed by atoms with Crippen LogP contribution in [0, 0.1) is 0 Å². The van der Waals surface area contributed by atoms with E-state index < -0.39 is 10.0 Å². The fourth-order valence-corrected chi connectivity index (χ4v) is 2.53. The van der Waals surface area contributed by atoms with E-state index in [1.807, 2.05) is 13.8 Å². The highest BCUT2D eigenvalue weighted by atomic mass is 32.2. The summed E-state index contributed by atoms with van der Waals surface area (Å²) in [6, 6.07) is 3.31. The van der Waals surface area contributed by atoms with Gasteiger partial charge in [-0.25, -0.2) is 13.1 Å². The Morgan fingerprint density at radius 2 is 1.85 bits per heavy atom. The Kier molecular flexibility index (Phi) is 5.79. The average molecular weight is 302 g/mol. The van der Waals surface area contributed by atoms with Gasteiger partial charge in [-0.2, -0.15) is 0 Å². The van der Waals surface area contributed by atoms with Gasteiger partial charge in [-0.05, 0) is 13.1 Å². The number of methoxy groups -OCH3 is 2. The molecule has 7 heteroatoms. The molecule has 0 aliphatic heterocycles. The van der Waals surface area contributed by atoms with Crippen molar-refractivity contribution in [3.8, 4) is 11.5 Å². The van der Waals surface area contributed by atoms with Gasteiger partial charge in [0.25, 0.3) is 0 Å². The van der Waals surface area contributed by atoms with E-state index in [2.05, 4.69) is 10.0 Å². The summed E-state index contributed by atoms with van der Waals surface area (Å²) in [5.74, 6) is 0.931. The molecule has 0 radical (unpaired) electrons. The Balaban J connectivity index is 3.34. The second-order valence-electron chi connectivity index (χ2n) is 4.56. The van der Waals surface area contributed by atoms with Crippen molar-refractivity contribution in [2.75, 3.05) is 21.3 Å². The smallest absolute Gasteiger partial charge is 0.240 e. The summed E-state index contributed by atoms with van der Waals surface area (Å²) < 4.78 is 36.7. The van der Waals surface area contributed by atoms with E-state index in [0.29, 0.717) is 18.0 Å². The van der Waals surface area contributed by atoms with Crippen LogP contribution in [0.25, 0.3) is 0 Å². The van der Waals surface area contributed by atoms with Crippen molar-refractivity contribution in [2.24, 2.45) is 0 Å². The molecule has 0 saturated heterocycles. The molecule has 6 nitrogen and oxygen atoms in total. The maximum atomic E-state index is 11.9. The van der Waals surface area contributed by atoms with E-state index in [9.17, 15) is 8.42 Å². The van der Waals surface area contributed by atoms with Crippen LogP contribution in [0.1, 0.15) is 19.4 Å². The Bertz CT molecular complexity index is 556. The van der Waals surface area contributed by atoms with Crippen LogP contribution in [0.3, 0.4) is 0 Å². The van der Waals surface area contributed by atoms with E-state index in [4.69, 9.17) is 9.47 Å². The number of nitrogens with one attached hydrogen (secondary N) is 2. The van der Waals surface area contributed by atoms with Crippen molar-refractivity contribution >= 4 is 10.0 Å². The molecule has 0 atom stereocenters. The predicted octanol–water partition coefficient (Wildman–Crippen LogP) is 1.11. The molecule has 0 spiro atoms. The summed E-state index contributed by atoms with van der Waals surface area (Å²) in [6.45, 7) is 4.51. The summed E-state index contributed by atoms with van der Waals surface area (Å²) in [4.78, 5) is 0.151. The quantitative estimate of drug-likeness (QED) is 0.789. The summed E-state index contributed by atoms with van der Waals surface area (Å²) >= 11 is 0. The van der Waals surface area contributed by atoms with Crippen molar-refractivity contribution in [1.82, 2.24) is 10.0 Å². The normalized spacial score (nSPS) is 11.7. The van der Waals surface area contributed by atoms with Crippen LogP contribution in [-0.2, 0) is 16.6 Å². The van der Waals surface area contributed by atoms with Gasteiger partial charge in [-0.1, -0.05) is 13.8 Å². The molecular weight excluding hydrogens is 280 g/mol. The largest absolute Gasteiger partial charge is 0.493 e. The summed E-state index contributed by atoms with van der Waals surface area (Å²) in [5, 5.41) is 3.23. The minimum absolute atomic E-state index is 0.151. The lowest BCUT2D eigenvalue weighted by atomic mass is 10.1. The second kappa shape index (κ2) is 6.92. The summed E-state index contributed by atoms with van der Waals surface area (Å²) in [7, 11) is 0.853. The Morgan fingerprint density at radius 3 is 2.30 bits per heavy atom. The van der Waals surface area contributed by atoms with Gasteiger partial charge in [-0.15, -0.1) is 0 Å². The van der Waals surface area contributed by atoms with Crippen LogP contribution in [0.4, 0.5) is 0 Å². The highest BCUT2D eigenvalue weighted by molar-refractivity contribution is 7.89. The molecule has 0 amide bonds. The third kappa shape index (κ3) is 3.84. The third-order valence-electron chi connectivity index (χ3n) is 2.81. The SMILES string of the molecule is CNS(=O)(=O)c1cc(CNC(C)C)c(OC)c(OC)c1. The standard InChI is InChI=1S/C13H22N2O4S/c1-9(2)15-8-10-6-11(20(16,17)14-3)7-12(18-4)13(10)19-5/h6-7,9,14-15H,8H2,1-5H3. The average Bonchev–Trinajstić information content (AvgIpc) is 2.43. The van der Waals surface area contributed by atoms with Gasteiger partial charge in [0.2, 0.25) is 10.0 Å². The van der Waals surface area contributed by atoms with E-state index in [-0.39, 0.29) is 10.9 Å². The first-order valence-electron chi connectivity index (χ1n) is 6.27. The molecule has 0 aromatic heterocycles. The molecule has 1 aromatic carbocycles. The van der Waals surface area contributed by atoms with Crippen molar-refractivity contribution in [3.63, 3.8) is 0 Å². The van der Waals surface area contributed by atoms with Gasteiger partial charge in [0.15, 0.2) is 11.5 Å². The number of ether oxygens (including phenoxy) is 2. The lowest BCUT2D eigenvalue weighted by Gasteiger charge is -2.16. The molecule has 1 aromatic rings. The Labute approximate surface area is 120 Å². The Morgan fingerprint density at radius 1 is 1.20 bits per heavy atom. The lowest BCUT2D eigenvalue weighted by Crippen LogP contribution is -2.23. The maximum Gasteiger partial charge on any atom is 0.240 e. The fraction of sp³-hybridized carbons (Fsp3) is 0.538. The first-order valence-corrected chi connectivity index (χ1v) is 7.75. The van der Waals surface area contributed by atoms with Gasteiger partial charge >= 0.3 is 0 Å². The first-order chi connectivity index (χ1) is 9.35. The van der Waals surface area contributed by atoms with Crippen molar-refractivity contribution in [2.45, 2.75) is 31.3 Å². The van der Waals surface area contributed by atoms with E-state index in [0.717, 1.165) is 5.56 Å². The molecule has 0 aliphatic rings. The van der Waals surface area contributed by atoms with Crippen molar-refractivity contribution < 1.29 is 17.9 Å². The van der Waals surface area contributed by atoms with Crippen LogP contribution in [0.15, 0.2) is 17.0 Å². The Hall–Kier alpha value is -1.31. The minimum atomic E-state index is -3.53. The number of rotatable bonds is 7. The van der Waals surface area contributed by atoms with Crippen LogP contribution in [0.5, 0.6) is 11.5 Å². The van der Waals surface area contributed by atoms with Gasteiger partial charge in [-0.3, -0.25) is 0 Å². The molecule has 0 bridgehead atoms. The number of sulfonamides is 1. The topological polar surface area (TPSA) is 76.7 Å². The number of hydrogen-bond donors (Lipinski definition) is 2. The van der Waals surface area contributed by atoms with Crippen LogP contribution in [0.2, 0.25) is 0 Å². The predicted molar refractivity (Wildman–Crippen MR) is 77.8 cm³/mol. The molecule has 0 heterocycles. The van der Waals surface area contributed by atoms with Gasteiger partial charge < -0.3 is 14.8 Å². The van der Waals surface area contributed by atoms with Crippen molar-refractivity contribution in [3.05, 3.63) is 17.7 Å².